The number of phenolic OH excluding ortho intramolecular Hbond substituents is 1. The normalized spacial score (nSPS) is 13.6. The first-order valence-corrected chi connectivity index (χ1v) is 12.1. The second-order valence-corrected chi connectivity index (χ2v) is 8.83. The first-order chi connectivity index (χ1) is 18.1. The fourth-order valence-corrected chi connectivity index (χ4v) is 4.19. The second-order valence-electron chi connectivity index (χ2n) is 8.83. The van der Waals surface area contributed by atoms with Crippen LogP contribution in [0.25, 0.3) is 0 Å². The summed E-state index contributed by atoms with van der Waals surface area (Å²) >= 11 is 0. The number of amides is 1. The van der Waals surface area contributed by atoms with Crippen molar-refractivity contribution in [1.82, 2.24) is 9.80 Å². The van der Waals surface area contributed by atoms with E-state index in [1.54, 1.807) is 27.4 Å². The molecule has 38 heavy (non-hydrogen) atoms. The van der Waals surface area contributed by atoms with Crippen molar-refractivity contribution < 1.29 is 43.9 Å². The standard InChI is InChI=1S/C25H34N2O5.C2H2O4/c1-26(13-10-18-8-9-21(30-2)23(16-18)32-4)25(29)19-11-14-27(15-12-19)17-20-6-5-7-22(31-3)24(20)28;3-1(4)2(5)6/h5-9,16,19,28H,10-15,17H2,1-4H3;(H,3,4)(H,5,6). The van der Waals surface area contributed by atoms with Gasteiger partial charge in [-0.25, -0.2) is 9.59 Å². The lowest BCUT2D eigenvalue weighted by molar-refractivity contribution is -0.159. The lowest BCUT2D eigenvalue weighted by Crippen LogP contribution is -2.41. The molecule has 1 saturated heterocycles. The summed E-state index contributed by atoms with van der Waals surface area (Å²) in [6, 6.07) is 11.4. The maximum atomic E-state index is 13.0. The molecule has 11 nitrogen and oxygen atoms in total. The predicted octanol–water partition coefficient (Wildman–Crippen LogP) is 2.49. The Bertz CT molecular complexity index is 1090. The SMILES string of the molecule is COc1ccc(CCN(C)C(=O)C2CCN(Cc3cccc(OC)c3O)CC2)cc1OC.O=C(O)C(=O)O. The zero-order valence-electron chi connectivity index (χ0n) is 22.2. The minimum absolute atomic E-state index is 0.0422. The van der Waals surface area contributed by atoms with Crippen molar-refractivity contribution in [3.05, 3.63) is 47.5 Å². The highest BCUT2D eigenvalue weighted by atomic mass is 16.5. The minimum Gasteiger partial charge on any atom is -0.504 e. The van der Waals surface area contributed by atoms with Gasteiger partial charge in [0.05, 0.1) is 21.3 Å². The molecule has 0 unspecified atom stereocenters. The highest BCUT2D eigenvalue weighted by Crippen LogP contribution is 2.31. The van der Waals surface area contributed by atoms with Gasteiger partial charge in [0.1, 0.15) is 0 Å². The number of nitrogens with zero attached hydrogens (tertiary/aromatic N) is 2. The molecular weight excluding hydrogens is 496 g/mol. The summed E-state index contributed by atoms with van der Waals surface area (Å²) < 4.78 is 15.8. The molecule has 0 spiro atoms. The summed E-state index contributed by atoms with van der Waals surface area (Å²) in [5, 5.41) is 25.1. The number of rotatable bonds is 9. The first-order valence-electron chi connectivity index (χ1n) is 12.1. The molecule has 1 aliphatic heterocycles. The largest absolute Gasteiger partial charge is 0.504 e. The molecule has 3 rings (SSSR count). The maximum absolute atomic E-state index is 13.0. The smallest absolute Gasteiger partial charge is 0.414 e. The molecule has 1 fully saturated rings. The molecule has 0 atom stereocenters. The fourth-order valence-electron chi connectivity index (χ4n) is 4.19. The van der Waals surface area contributed by atoms with E-state index in [0.29, 0.717) is 30.3 Å². The van der Waals surface area contributed by atoms with Gasteiger partial charge in [-0.05, 0) is 56.1 Å². The van der Waals surface area contributed by atoms with Crippen LogP contribution < -0.4 is 14.2 Å². The number of methoxy groups -OCH3 is 3. The zero-order chi connectivity index (χ0) is 28.2. The maximum Gasteiger partial charge on any atom is 0.414 e. The third-order valence-corrected chi connectivity index (χ3v) is 6.38. The highest BCUT2D eigenvalue weighted by molar-refractivity contribution is 6.27. The van der Waals surface area contributed by atoms with Gasteiger partial charge in [0.25, 0.3) is 0 Å². The van der Waals surface area contributed by atoms with E-state index < -0.39 is 11.9 Å². The second kappa shape index (κ2) is 14.7. The van der Waals surface area contributed by atoms with E-state index in [9.17, 15) is 9.90 Å². The Hall–Kier alpha value is -3.99. The van der Waals surface area contributed by atoms with Crippen molar-refractivity contribution in [2.75, 3.05) is 48.0 Å². The lowest BCUT2D eigenvalue weighted by atomic mass is 9.94. The van der Waals surface area contributed by atoms with Crippen molar-refractivity contribution in [2.45, 2.75) is 25.8 Å². The molecule has 0 aliphatic carbocycles. The fraction of sp³-hybridized carbons (Fsp3) is 0.444. The Kier molecular flexibility index (Phi) is 11.7. The van der Waals surface area contributed by atoms with Crippen molar-refractivity contribution in [3.8, 4) is 23.0 Å². The van der Waals surface area contributed by atoms with Crippen molar-refractivity contribution >= 4 is 17.8 Å². The van der Waals surface area contributed by atoms with Crippen molar-refractivity contribution in [3.63, 3.8) is 0 Å². The first kappa shape index (κ1) is 30.2. The van der Waals surface area contributed by atoms with Crippen molar-refractivity contribution in [1.29, 1.82) is 0 Å². The van der Waals surface area contributed by atoms with Gasteiger partial charge in [0.2, 0.25) is 5.91 Å². The van der Waals surface area contributed by atoms with E-state index in [1.165, 1.54) is 0 Å². The van der Waals surface area contributed by atoms with Gasteiger partial charge < -0.3 is 34.4 Å². The van der Waals surface area contributed by atoms with E-state index >= 15 is 0 Å². The van der Waals surface area contributed by atoms with Crippen LogP contribution in [0.3, 0.4) is 0 Å². The number of carboxylic acid groups (broad SMARTS) is 2. The van der Waals surface area contributed by atoms with Crippen LogP contribution in [-0.2, 0) is 27.3 Å². The zero-order valence-corrected chi connectivity index (χ0v) is 22.2. The number of likely N-dealkylation sites (tertiary alicyclic amines) is 1. The average Bonchev–Trinajstić information content (AvgIpc) is 2.92. The number of hydrogen-bond donors (Lipinski definition) is 3. The number of piperidine rings is 1. The van der Waals surface area contributed by atoms with Crippen LogP contribution in [0, 0.1) is 5.92 Å². The number of carbonyl (C=O) groups excluding carboxylic acids is 1. The van der Waals surface area contributed by atoms with Gasteiger partial charge >= 0.3 is 11.9 Å². The van der Waals surface area contributed by atoms with Gasteiger partial charge in [-0.1, -0.05) is 18.2 Å². The number of phenols is 1. The molecule has 1 aliphatic rings. The van der Waals surface area contributed by atoms with Crippen molar-refractivity contribution in [2.24, 2.45) is 5.92 Å². The quantitative estimate of drug-likeness (QED) is 0.412. The van der Waals surface area contributed by atoms with Crippen LogP contribution in [0.5, 0.6) is 23.0 Å². The Morgan fingerprint density at radius 2 is 1.53 bits per heavy atom. The summed E-state index contributed by atoms with van der Waals surface area (Å²) in [6.07, 6.45) is 2.41. The third-order valence-electron chi connectivity index (χ3n) is 6.38. The van der Waals surface area contributed by atoms with E-state index in [2.05, 4.69) is 4.90 Å². The van der Waals surface area contributed by atoms with Crippen LogP contribution in [0.4, 0.5) is 0 Å². The van der Waals surface area contributed by atoms with Gasteiger partial charge in [-0.15, -0.1) is 0 Å². The van der Waals surface area contributed by atoms with Gasteiger partial charge in [0, 0.05) is 31.6 Å². The van der Waals surface area contributed by atoms with E-state index in [1.807, 2.05) is 42.3 Å². The minimum atomic E-state index is -1.82. The van der Waals surface area contributed by atoms with E-state index in [0.717, 1.165) is 43.5 Å². The molecule has 0 radical (unpaired) electrons. The molecule has 1 heterocycles. The molecule has 3 N–H and O–H groups in total. The summed E-state index contributed by atoms with van der Waals surface area (Å²) in [5.74, 6) is -1.31. The number of para-hydroxylation sites is 1. The van der Waals surface area contributed by atoms with Crippen LogP contribution in [0.1, 0.15) is 24.0 Å². The molecule has 11 heteroatoms. The molecule has 1 amide bonds. The van der Waals surface area contributed by atoms with E-state index in [-0.39, 0.29) is 17.6 Å². The van der Waals surface area contributed by atoms with Crippen LogP contribution >= 0.6 is 0 Å². The predicted molar refractivity (Wildman–Crippen MR) is 139 cm³/mol. The molecule has 0 bridgehead atoms. The van der Waals surface area contributed by atoms with Crippen LogP contribution in [0.2, 0.25) is 0 Å². The van der Waals surface area contributed by atoms with E-state index in [4.69, 9.17) is 34.0 Å². The summed E-state index contributed by atoms with van der Waals surface area (Å²) in [6.45, 7) is 2.97. The Morgan fingerprint density at radius 3 is 2.08 bits per heavy atom. The number of ether oxygens (including phenoxy) is 3. The molecule has 2 aromatic carbocycles. The average molecular weight is 533 g/mol. The van der Waals surface area contributed by atoms with Crippen LogP contribution in [0.15, 0.2) is 36.4 Å². The number of carbonyl (C=O) groups is 3. The molecule has 2 aromatic rings. The third kappa shape index (κ3) is 8.55. The molecule has 0 saturated carbocycles. The highest BCUT2D eigenvalue weighted by Gasteiger charge is 2.27. The van der Waals surface area contributed by atoms with Crippen LogP contribution in [-0.4, -0.2) is 91.0 Å². The van der Waals surface area contributed by atoms with Gasteiger partial charge in [-0.2, -0.15) is 0 Å². The number of aromatic hydroxyl groups is 1. The summed E-state index contributed by atoms with van der Waals surface area (Å²) in [7, 11) is 6.68. The van der Waals surface area contributed by atoms with Gasteiger partial charge in [-0.3, -0.25) is 9.69 Å². The number of carboxylic acids is 2. The van der Waals surface area contributed by atoms with Gasteiger partial charge in [0.15, 0.2) is 23.0 Å². The summed E-state index contributed by atoms with van der Waals surface area (Å²) in [5.41, 5.74) is 1.95. The molecule has 0 aromatic heterocycles. The molecular formula is C27H36N2O9. The number of likely N-dealkylation sites (N-methyl/N-ethyl adjacent to an activating group) is 1. The monoisotopic (exact) mass is 532 g/mol. The summed E-state index contributed by atoms with van der Waals surface area (Å²) in [4.78, 5) is 35.3. The lowest BCUT2D eigenvalue weighted by Gasteiger charge is -2.33. The Balaban J connectivity index is 0.000000757. The Morgan fingerprint density at radius 1 is 0.921 bits per heavy atom. The molecule has 208 valence electrons. The number of aliphatic carboxylic acids is 2. The Labute approximate surface area is 222 Å². The topological polar surface area (TPSA) is 146 Å². The number of hydrogen-bond acceptors (Lipinski definition) is 8. The number of benzene rings is 2.